The normalized spacial score (nSPS) is 14.3. The second-order valence-corrected chi connectivity index (χ2v) is 12.0. The van der Waals surface area contributed by atoms with Crippen LogP contribution in [0.2, 0.25) is 0 Å². The van der Waals surface area contributed by atoms with Crippen LogP contribution in [-0.2, 0) is 0 Å². The second-order valence-electron chi connectivity index (χ2n) is 10.1. The number of aliphatic hydroxyl groups is 3. The largest absolute Gasteiger partial charge is 0.392 e. The number of H-pyrrole nitrogens is 1. The molecule has 0 fully saturated rings. The molecule has 11 nitrogen and oxygen atoms in total. The molecule has 0 aliphatic heterocycles. The molecule has 0 radical (unpaired) electrons. The van der Waals surface area contributed by atoms with Gasteiger partial charge in [0.1, 0.15) is 23.3 Å². The number of rotatable bonds is 15. The zero-order valence-electron chi connectivity index (χ0n) is 24.1. The fraction of sp³-hybridized carbons (Fsp3) is 0.367. The number of aromatic nitrogens is 1. The maximum Gasteiger partial charge on any atom is 0.231 e. The van der Waals surface area contributed by atoms with Gasteiger partial charge in [0.25, 0.3) is 0 Å². The topological polar surface area (TPSA) is 169 Å². The van der Waals surface area contributed by atoms with Crippen LogP contribution < -0.4 is 16.1 Å². The highest BCUT2D eigenvalue weighted by atomic mass is 32.2. The molecule has 3 rings (SSSR count). The van der Waals surface area contributed by atoms with Gasteiger partial charge in [0.05, 0.1) is 24.0 Å². The average molecular weight is 594 g/mol. The maximum absolute atomic E-state index is 13.3. The van der Waals surface area contributed by atoms with Gasteiger partial charge >= 0.3 is 0 Å². The molecular weight excluding hydrogens is 554 g/mol. The van der Waals surface area contributed by atoms with Gasteiger partial charge in [0.2, 0.25) is 5.43 Å². The van der Waals surface area contributed by atoms with Crippen LogP contribution in [-0.4, -0.2) is 81.3 Å². The molecule has 1 heterocycles. The Morgan fingerprint density at radius 3 is 2.19 bits per heavy atom. The summed E-state index contributed by atoms with van der Waals surface area (Å²) in [7, 11) is -0.329. The molecule has 224 valence electrons. The molecule has 4 atom stereocenters. The van der Waals surface area contributed by atoms with E-state index in [1.165, 1.54) is 0 Å². The summed E-state index contributed by atoms with van der Waals surface area (Å²) >= 11 is 0. The Hall–Kier alpha value is -3.86. The van der Waals surface area contributed by atoms with E-state index in [4.69, 9.17) is 0 Å². The number of aromatic amines is 1. The quantitative estimate of drug-likeness (QED) is 0.112. The van der Waals surface area contributed by atoms with Gasteiger partial charge in [-0.1, -0.05) is 24.1 Å². The number of nitrogens with zero attached hydrogens (tertiary/aromatic N) is 4. The molecular formula is C30H39N7O4S. The Balaban J connectivity index is 1.81. The molecule has 0 saturated carbocycles. The number of benzene rings is 2. The maximum atomic E-state index is 13.3. The van der Waals surface area contributed by atoms with Crippen molar-refractivity contribution in [3.63, 3.8) is 0 Å². The minimum atomic E-state index is -0.699. The molecule has 2 aromatic carbocycles. The van der Waals surface area contributed by atoms with Crippen LogP contribution in [0.1, 0.15) is 26.3 Å². The fourth-order valence-corrected chi connectivity index (χ4v) is 5.34. The zero-order chi connectivity index (χ0) is 30.6. The molecule has 3 aromatic rings. The van der Waals surface area contributed by atoms with Gasteiger partial charge in [-0.05, 0) is 57.2 Å². The van der Waals surface area contributed by atoms with Gasteiger partial charge in [-0.2, -0.15) is 20.9 Å². The molecule has 0 bridgehead atoms. The minimum absolute atomic E-state index is 0.0805. The fourth-order valence-electron chi connectivity index (χ4n) is 4.11. The lowest BCUT2D eigenvalue weighted by Gasteiger charge is -2.25. The van der Waals surface area contributed by atoms with E-state index in [-0.39, 0.29) is 39.9 Å². The van der Waals surface area contributed by atoms with Crippen LogP contribution in [0.3, 0.4) is 0 Å². The van der Waals surface area contributed by atoms with Crippen molar-refractivity contribution in [3.8, 4) is 6.07 Å². The van der Waals surface area contributed by atoms with Crippen LogP contribution >= 0.6 is 10.5 Å². The predicted octanol–water partition coefficient (Wildman–Crippen LogP) is 4.32. The van der Waals surface area contributed by atoms with Crippen molar-refractivity contribution in [2.45, 2.75) is 44.0 Å². The van der Waals surface area contributed by atoms with E-state index in [0.29, 0.717) is 31.0 Å². The minimum Gasteiger partial charge on any atom is -0.392 e. The molecule has 0 aliphatic carbocycles. The Labute approximate surface area is 248 Å². The van der Waals surface area contributed by atoms with E-state index in [0.717, 1.165) is 10.6 Å². The number of pyridine rings is 1. The summed E-state index contributed by atoms with van der Waals surface area (Å²) in [6.45, 7) is 6.84. The molecule has 12 heteroatoms. The Morgan fingerprint density at radius 2 is 1.62 bits per heavy atom. The molecule has 42 heavy (non-hydrogen) atoms. The van der Waals surface area contributed by atoms with Gasteiger partial charge in [-0.3, -0.25) is 9.69 Å². The zero-order valence-corrected chi connectivity index (χ0v) is 24.9. The number of hydrogen-bond donors (Lipinski definition) is 6. The van der Waals surface area contributed by atoms with E-state index in [9.17, 15) is 25.4 Å². The van der Waals surface area contributed by atoms with Crippen molar-refractivity contribution in [3.05, 3.63) is 70.4 Å². The highest BCUT2D eigenvalue weighted by molar-refractivity contribution is 8.14. The van der Waals surface area contributed by atoms with Crippen molar-refractivity contribution in [1.82, 2.24) is 9.88 Å². The van der Waals surface area contributed by atoms with Crippen LogP contribution in [0.4, 0.5) is 28.7 Å². The number of azo groups is 1. The first-order valence-corrected chi connectivity index (χ1v) is 15.2. The number of para-hydroxylation sites is 1. The number of nitriles is 1. The van der Waals surface area contributed by atoms with Gasteiger partial charge in [-0.15, -0.1) is 5.11 Å². The van der Waals surface area contributed by atoms with Crippen molar-refractivity contribution in [2.24, 2.45) is 10.2 Å². The standard InChI is InChI=1S/C30H39N7O4S/c1-20(38)17-32-30-27(28(41)26(16-31)29(34-30)33-23-8-6-5-7-9-23)36-35-24-10-12-25(13-11-24)42(4)15-14-37(18-21(2)39)19-22(3)40/h5-13,20-22,38-40H,4,14-15,17-19H2,1-3H3,(H3,32,33,34,41). The van der Waals surface area contributed by atoms with Gasteiger partial charge in [0, 0.05) is 42.5 Å². The van der Waals surface area contributed by atoms with Crippen LogP contribution in [0, 0.1) is 11.3 Å². The summed E-state index contributed by atoms with van der Waals surface area (Å²) in [5, 5.41) is 53.6. The number of anilines is 3. The molecule has 0 aliphatic rings. The third kappa shape index (κ3) is 9.90. The molecule has 0 amide bonds. The van der Waals surface area contributed by atoms with Crippen molar-refractivity contribution >= 4 is 45.1 Å². The van der Waals surface area contributed by atoms with Crippen LogP contribution in [0.15, 0.2) is 74.5 Å². The van der Waals surface area contributed by atoms with E-state index in [1.807, 2.05) is 41.3 Å². The van der Waals surface area contributed by atoms with Crippen molar-refractivity contribution < 1.29 is 15.3 Å². The monoisotopic (exact) mass is 593 g/mol. The number of aliphatic hydroxyl groups excluding tert-OH is 3. The van der Waals surface area contributed by atoms with Gasteiger partial charge in [0.15, 0.2) is 5.69 Å². The summed E-state index contributed by atoms with van der Waals surface area (Å²) in [5.41, 5.74) is 0.353. The Kier molecular flexibility index (Phi) is 12.4. The first-order chi connectivity index (χ1) is 20.1. The number of nitrogens with one attached hydrogen (secondary N) is 3. The molecule has 0 saturated heterocycles. The smallest absolute Gasteiger partial charge is 0.231 e. The van der Waals surface area contributed by atoms with Crippen molar-refractivity contribution in [1.29, 1.82) is 5.26 Å². The summed E-state index contributed by atoms with van der Waals surface area (Å²) in [6.07, 6.45) is -1.68. The first kappa shape index (κ1) is 32.7. The molecule has 0 spiro atoms. The lowest BCUT2D eigenvalue weighted by molar-refractivity contribution is 0.0876. The molecule has 1 aromatic heterocycles. The SMILES string of the molecule is C=S(CCN(CC(C)O)CC(C)O)c1ccc(N=Nc2c(NCC(C)O)[nH]c(Nc3ccccc3)c(C#N)c2=O)cc1. The van der Waals surface area contributed by atoms with Crippen LogP contribution in [0.25, 0.3) is 0 Å². The van der Waals surface area contributed by atoms with E-state index < -0.39 is 23.7 Å². The van der Waals surface area contributed by atoms with Crippen molar-refractivity contribution in [2.75, 3.05) is 42.6 Å². The molecule has 4 unspecified atom stereocenters. The summed E-state index contributed by atoms with van der Waals surface area (Å²) in [6, 6.07) is 18.4. The lowest BCUT2D eigenvalue weighted by Crippen LogP contribution is -2.37. The van der Waals surface area contributed by atoms with E-state index in [2.05, 4.69) is 31.7 Å². The first-order valence-electron chi connectivity index (χ1n) is 13.6. The summed E-state index contributed by atoms with van der Waals surface area (Å²) in [5.74, 6) is 5.47. The second kappa shape index (κ2) is 16.0. The molecule has 6 N–H and O–H groups in total. The third-order valence-corrected chi connectivity index (χ3v) is 7.66. The lowest BCUT2D eigenvalue weighted by atomic mass is 10.2. The van der Waals surface area contributed by atoms with E-state index >= 15 is 0 Å². The van der Waals surface area contributed by atoms with Gasteiger partial charge in [-0.25, -0.2) is 0 Å². The third-order valence-electron chi connectivity index (χ3n) is 6.04. The predicted molar refractivity (Wildman–Crippen MR) is 170 cm³/mol. The highest BCUT2D eigenvalue weighted by Crippen LogP contribution is 2.29. The van der Waals surface area contributed by atoms with Gasteiger partial charge < -0.3 is 30.9 Å². The van der Waals surface area contributed by atoms with E-state index in [1.54, 1.807) is 45.0 Å². The number of hydrogen-bond acceptors (Lipinski definition) is 10. The Morgan fingerprint density at radius 1 is 0.976 bits per heavy atom. The Bertz CT molecular complexity index is 1440. The van der Waals surface area contributed by atoms with Crippen LogP contribution in [0.5, 0.6) is 0 Å². The average Bonchev–Trinajstić information content (AvgIpc) is 2.94. The summed E-state index contributed by atoms with van der Waals surface area (Å²) < 4.78 is 0. The summed E-state index contributed by atoms with van der Waals surface area (Å²) in [4.78, 5) is 19.4. The highest BCUT2D eigenvalue weighted by Gasteiger charge is 2.18.